The molecular formula is C15H12BrF2NO2. The van der Waals surface area contributed by atoms with Crippen molar-refractivity contribution in [1.29, 1.82) is 0 Å². The second-order valence-electron chi connectivity index (χ2n) is 4.51. The number of carboxylic acids is 1. The first kappa shape index (κ1) is 15.4. The number of hydrogen-bond donors (Lipinski definition) is 2. The molecule has 0 spiro atoms. The fraction of sp³-hybridized carbons (Fsp3) is 0.133. The summed E-state index contributed by atoms with van der Waals surface area (Å²) in [5.74, 6) is -4.06. The van der Waals surface area contributed by atoms with Gasteiger partial charge in [0.05, 0.1) is 11.3 Å². The molecule has 2 rings (SSSR count). The molecule has 0 radical (unpaired) electrons. The van der Waals surface area contributed by atoms with Crippen LogP contribution in [0.2, 0.25) is 0 Å². The lowest BCUT2D eigenvalue weighted by molar-refractivity contribution is 0.0690. The average molecular weight is 356 g/mol. The number of anilines is 1. The topological polar surface area (TPSA) is 49.3 Å². The van der Waals surface area contributed by atoms with Gasteiger partial charge in [0, 0.05) is 10.5 Å². The number of carboxylic acid groups (broad SMARTS) is 1. The van der Waals surface area contributed by atoms with Gasteiger partial charge in [0.2, 0.25) is 0 Å². The Hall–Kier alpha value is -1.95. The molecular weight excluding hydrogens is 344 g/mol. The summed E-state index contributed by atoms with van der Waals surface area (Å²) < 4.78 is 28.4. The van der Waals surface area contributed by atoms with Gasteiger partial charge in [0.1, 0.15) is 0 Å². The van der Waals surface area contributed by atoms with E-state index in [1.54, 1.807) is 6.92 Å². The fourth-order valence-electron chi connectivity index (χ4n) is 1.89. The highest BCUT2D eigenvalue weighted by molar-refractivity contribution is 9.10. The van der Waals surface area contributed by atoms with E-state index in [1.807, 2.05) is 24.3 Å². The normalized spacial score (nSPS) is 12.0. The maximum absolute atomic E-state index is 13.9. The summed E-state index contributed by atoms with van der Waals surface area (Å²) in [6.45, 7) is 1.80. The summed E-state index contributed by atoms with van der Waals surface area (Å²) in [4.78, 5) is 10.7. The van der Waals surface area contributed by atoms with Crippen LogP contribution in [0.1, 0.15) is 28.9 Å². The van der Waals surface area contributed by atoms with Gasteiger partial charge in [-0.05, 0) is 36.8 Å². The molecule has 110 valence electrons. The third-order valence-corrected chi connectivity index (χ3v) is 3.58. The zero-order valence-corrected chi connectivity index (χ0v) is 12.6. The van der Waals surface area contributed by atoms with Gasteiger partial charge in [-0.25, -0.2) is 13.6 Å². The Morgan fingerprint density at radius 1 is 1.14 bits per heavy atom. The summed E-state index contributed by atoms with van der Waals surface area (Å²) >= 11 is 3.32. The molecule has 2 aromatic rings. The highest BCUT2D eigenvalue weighted by Gasteiger charge is 2.19. The highest BCUT2D eigenvalue weighted by atomic mass is 79.9. The Balaban J connectivity index is 2.25. The van der Waals surface area contributed by atoms with Crippen molar-refractivity contribution in [3.05, 3.63) is 63.6 Å². The van der Waals surface area contributed by atoms with Crippen LogP contribution >= 0.6 is 15.9 Å². The number of benzene rings is 2. The van der Waals surface area contributed by atoms with Crippen molar-refractivity contribution in [2.24, 2.45) is 0 Å². The molecule has 0 saturated heterocycles. The van der Waals surface area contributed by atoms with E-state index in [4.69, 9.17) is 5.11 Å². The Bertz CT molecular complexity index is 674. The van der Waals surface area contributed by atoms with Gasteiger partial charge < -0.3 is 10.4 Å². The second-order valence-corrected chi connectivity index (χ2v) is 5.43. The minimum Gasteiger partial charge on any atom is -0.478 e. The first-order chi connectivity index (χ1) is 9.90. The first-order valence-electron chi connectivity index (χ1n) is 6.13. The summed E-state index contributed by atoms with van der Waals surface area (Å²) in [6, 6.07) is 9.39. The minimum absolute atomic E-state index is 0.0760. The Morgan fingerprint density at radius 3 is 2.33 bits per heavy atom. The van der Waals surface area contributed by atoms with Crippen LogP contribution in [0.4, 0.5) is 14.5 Å². The fourth-order valence-corrected chi connectivity index (χ4v) is 2.16. The van der Waals surface area contributed by atoms with E-state index in [0.717, 1.165) is 16.1 Å². The second kappa shape index (κ2) is 6.22. The van der Waals surface area contributed by atoms with Crippen LogP contribution in [0.3, 0.4) is 0 Å². The zero-order chi connectivity index (χ0) is 15.6. The number of nitrogens with one attached hydrogen (secondary N) is 1. The summed E-state index contributed by atoms with van der Waals surface area (Å²) in [5.41, 5.74) is 0.127. The van der Waals surface area contributed by atoms with Crippen molar-refractivity contribution in [2.75, 3.05) is 5.32 Å². The molecule has 1 unspecified atom stereocenters. The lowest BCUT2D eigenvalue weighted by atomic mass is 10.1. The molecule has 0 bridgehead atoms. The maximum Gasteiger partial charge on any atom is 0.338 e. The average Bonchev–Trinajstić information content (AvgIpc) is 2.44. The summed E-state index contributed by atoms with van der Waals surface area (Å²) in [5, 5.41) is 11.6. The minimum atomic E-state index is -1.50. The molecule has 1 atom stereocenters. The van der Waals surface area contributed by atoms with Crippen molar-refractivity contribution >= 4 is 27.6 Å². The molecule has 0 aliphatic heterocycles. The quantitative estimate of drug-likeness (QED) is 0.842. The molecule has 2 N–H and O–H groups in total. The van der Waals surface area contributed by atoms with Crippen molar-refractivity contribution in [1.82, 2.24) is 0 Å². The van der Waals surface area contributed by atoms with Gasteiger partial charge in [-0.15, -0.1) is 0 Å². The zero-order valence-electron chi connectivity index (χ0n) is 11.0. The Morgan fingerprint density at radius 2 is 1.76 bits per heavy atom. The van der Waals surface area contributed by atoms with E-state index >= 15 is 0 Å². The van der Waals surface area contributed by atoms with Crippen molar-refractivity contribution < 1.29 is 18.7 Å². The molecule has 0 aromatic heterocycles. The molecule has 0 aliphatic carbocycles. The standard InChI is InChI=1S/C15H12BrF2NO2/c1-8(9-2-4-10(16)5-3-9)19-12-7-6-11(15(20)21)13(17)14(12)18/h2-8,19H,1H3,(H,20,21). The van der Waals surface area contributed by atoms with Crippen LogP contribution in [0, 0.1) is 11.6 Å². The SMILES string of the molecule is CC(Nc1ccc(C(=O)O)c(F)c1F)c1ccc(Br)cc1. The molecule has 0 amide bonds. The van der Waals surface area contributed by atoms with Gasteiger partial charge in [-0.1, -0.05) is 28.1 Å². The molecule has 21 heavy (non-hydrogen) atoms. The molecule has 0 aliphatic rings. The summed E-state index contributed by atoms with van der Waals surface area (Å²) in [7, 11) is 0. The van der Waals surface area contributed by atoms with E-state index < -0.39 is 23.2 Å². The molecule has 2 aromatic carbocycles. The van der Waals surface area contributed by atoms with E-state index in [9.17, 15) is 13.6 Å². The monoisotopic (exact) mass is 355 g/mol. The smallest absolute Gasteiger partial charge is 0.338 e. The lowest BCUT2D eigenvalue weighted by Crippen LogP contribution is -2.11. The predicted octanol–water partition coefficient (Wildman–Crippen LogP) is 4.60. The third kappa shape index (κ3) is 3.39. The van der Waals surface area contributed by atoms with Crippen molar-refractivity contribution in [2.45, 2.75) is 13.0 Å². The van der Waals surface area contributed by atoms with Crippen LogP contribution in [0.15, 0.2) is 40.9 Å². The highest BCUT2D eigenvalue weighted by Crippen LogP contribution is 2.25. The van der Waals surface area contributed by atoms with E-state index in [1.165, 1.54) is 6.07 Å². The number of carbonyl (C=O) groups is 1. The van der Waals surface area contributed by atoms with Gasteiger partial charge in [0.15, 0.2) is 11.6 Å². The number of hydrogen-bond acceptors (Lipinski definition) is 2. The summed E-state index contributed by atoms with van der Waals surface area (Å²) in [6.07, 6.45) is 0. The Labute approximate surface area is 128 Å². The maximum atomic E-state index is 13.9. The van der Waals surface area contributed by atoms with Crippen LogP contribution < -0.4 is 5.32 Å². The van der Waals surface area contributed by atoms with Crippen molar-refractivity contribution in [3.8, 4) is 0 Å². The van der Waals surface area contributed by atoms with Crippen LogP contribution in [0.5, 0.6) is 0 Å². The van der Waals surface area contributed by atoms with Crippen LogP contribution in [0.25, 0.3) is 0 Å². The number of aromatic carboxylic acids is 1. The van der Waals surface area contributed by atoms with Crippen molar-refractivity contribution in [3.63, 3.8) is 0 Å². The van der Waals surface area contributed by atoms with Gasteiger partial charge in [0.25, 0.3) is 0 Å². The van der Waals surface area contributed by atoms with Crippen LogP contribution in [-0.2, 0) is 0 Å². The van der Waals surface area contributed by atoms with Gasteiger partial charge in [-0.3, -0.25) is 0 Å². The third-order valence-electron chi connectivity index (χ3n) is 3.05. The predicted molar refractivity (Wildman–Crippen MR) is 79.5 cm³/mol. The van der Waals surface area contributed by atoms with E-state index in [2.05, 4.69) is 21.2 Å². The molecule has 0 fully saturated rings. The number of rotatable bonds is 4. The van der Waals surface area contributed by atoms with Gasteiger partial charge in [-0.2, -0.15) is 0 Å². The van der Waals surface area contributed by atoms with E-state index in [0.29, 0.717) is 0 Å². The van der Waals surface area contributed by atoms with Gasteiger partial charge >= 0.3 is 5.97 Å². The molecule has 3 nitrogen and oxygen atoms in total. The van der Waals surface area contributed by atoms with E-state index in [-0.39, 0.29) is 11.7 Å². The molecule has 0 saturated carbocycles. The molecule has 6 heteroatoms. The number of halogens is 3. The molecule has 0 heterocycles. The van der Waals surface area contributed by atoms with Crippen LogP contribution in [-0.4, -0.2) is 11.1 Å². The first-order valence-corrected chi connectivity index (χ1v) is 6.92. The Kier molecular flexibility index (Phi) is 4.57. The largest absolute Gasteiger partial charge is 0.478 e. The lowest BCUT2D eigenvalue weighted by Gasteiger charge is -2.17.